The molecule has 2 N–H and O–H groups in total. The Balaban J connectivity index is 1.56. The van der Waals surface area contributed by atoms with Crippen molar-refractivity contribution in [2.45, 2.75) is 13.3 Å². The summed E-state index contributed by atoms with van der Waals surface area (Å²) < 4.78 is 5.36. The second-order valence-electron chi connectivity index (χ2n) is 6.28. The predicted octanol–water partition coefficient (Wildman–Crippen LogP) is 2.64. The average Bonchev–Trinajstić information content (AvgIpc) is 2.69. The molecule has 0 unspecified atom stereocenters. The number of benzene rings is 1. The minimum Gasteiger partial charge on any atom is -0.384 e. The van der Waals surface area contributed by atoms with Gasteiger partial charge in [-0.1, -0.05) is 25.1 Å². The quantitative estimate of drug-likeness (QED) is 0.800. The van der Waals surface area contributed by atoms with Crippen molar-refractivity contribution >= 4 is 17.3 Å². The summed E-state index contributed by atoms with van der Waals surface area (Å²) in [6.07, 6.45) is 2.53. The van der Waals surface area contributed by atoms with E-state index >= 15 is 0 Å². The highest BCUT2D eigenvalue weighted by Crippen LogP contribution is 2.17. The van der Waals surface area contributed by atoms with Gasteiger partial charge in [0.2, 0.25) is 0 Å². The molecule has 0 radical (unpaired) electrons. The van der Waals surface area contributed by atoms with Gasteiger partial charge in [-0.25, -0.2) is 0 Å². The summed E-state index contributed by atoms with van der Waals surface area (Å²) in [7, 11) is 0. The third-order valence-corrected chi connectivity index (χ3v) is 4.50. The van der Waals surface area contributed by atoms with Crippen molar-refractivity contribution in [1.82, 2.24) is 9.88 Å². The molecule has 0 atom stereocenters. The van der Waals surface area contributed by atoms with E-state index in [4.69, 9.17) is 4.74 Å². The van der Waals surface area contributed by atoms with E-state index in [1.165, 1.54) is 0 Å². The van der Waals surface area contributed by atoms with Gasteiger partial charge in [-0.3, -0.25) is 14.7 Å². The Kier molecular flexibility index (Phi) is 6.57. The molecule has 138 valence electrons. The van der Waals surface area contributed by atoms with Crippen LogP contribution in [0.5, 0.6) is 0 Å². The number of para-hydroxylation sites is 1. The number of ether oxygens (including phenoxy) is 1. The number of anilines is 2. The van der Waals surface area contributed by atoms with Gasteiger partial charge in [0.05, 0.1) is 13.2 Å². The number of hydrogen-bond acceptors (Lipinski definition) is 5. The van der Waals surface area contributed by atoms with Gasteiger partial charge in [-0.15, -0.1) is 0 Å². The van der Waals surface area contributed by atoms with Crippen molar-refractivity contribution in [1.29, 1.82) is 0 Å². The van der Waals surface area contributed by atoms with Crippen LogP contribution < -0.4 is 10.6 Å². The Morgan fingerprint density at radius 3 is 2.85 bits per heavy atom. The van der Waals surface area contributed by atoms with Crippen molar-refractivity contribution in [3.05, 3.63) is 53.9 Å². The monoisotopic (exact) mass is 354 g/mol. The van der Waals surface area contributed by atoms with Crippen LogP contribution in [-0.2, 0) is 11.2 Å². The molecule has 1 fully saturated rings. The standard InChI is InChI=1S/C20H26N4O2/c1-2-16-5-3-4-6-18(16)23-20(25)19-15-17(7-8-22-19)21-9-10-24-11-13-26-14-12-24/h3-8,15H,2,9-14H2,1H3,(H,21,22)(H,23,25). The molecule has 1 saturated heterocycles. The number of rotatable bonds is 7. The van der Waals surface area contributed by atoms with E-state index in [0.717, 1.165) is 62.8 Å². The summed E-state index contributed by atoms with van der Waals surface area (Å²) in [6, 6.07) is 11.5. The van der Waals surface area contributed by atoms with Gasteiger partial charge in [-0.05, 0) is 30.2 Å². The molecule has 6 nitrogen and oxygen atoms in total. The highest BCUT2D eigenvalue weighted by Gasteiger charge is 2.11. The Morgan fingerprint density at radius 2 is 2.04 bits per heavy atom. The lowest BCUT2D eigenvalue weighted by molar-refractivity contribution is 0.0398. The molecule has 26 heavy (non-hydrogen) atoms. The molecule has 0 bridgehead atoms. The fourth-order valence-electron chi connectivity index (χ4n) is 2.98. The summed E-state index contributed by atoms with van der Waals surface area (Å²) >= 11 is 0. The summed E-state index contributed by atoms with van der Waals surface area (Å²) in [5.74, 6) is -0.192. The third-order valence-electron chi connectivity index (χ3n) is 4.50. The van der Waals surface area contributed by atoms with E-state index in [2.05, 4.69) is 27.4 Å². The van der Waals surface area contributed by atoms with Crippen LogP contribution in [0.25, 0.3) is 0 Å². The summed E-state index contributed by atoms with van der Waals surface area (Å²) in [5.41, 5.74) is 3.27. The molecule has 1 aromatic carbocycles. The highest BCUT2D eigenvalue weighted by molar-refractivity contribution is 6.03. The summed E-state index contributed by atoms with van der Waals surface area (Å²) in [6.45, 7) is 7.41. The van der Waals surface area contributed by atoms with Crippen LogP contribution in [0.2, 0.25) is 0 Å². The van der Waals surface area contributed by atoms with E-state index in [1.54, 1.807) is 12.3 Å². The van der Waals surface area contributed by atoms with E-state index in [0.29, 0.717) is 5.69 Å². The second-order valence-corrected chi connectivity index (χ2v) is 6.28. The molecule has 1 aliphatic rings. The molecule has 0 spiro atoms. The van der Waals surface area contributed by atoms with Gasteiger partial charge >= 0.3 is 0 Å². The zero-order valence-electron chi connectivity index (χ0n) is 15.2. The normalized spacial score (nSPS) is 14.8. The van der Waals surface area contributed by atoms with Gasteiger partial charge in [-0.2, -0.15) is 0 Å². The Labute approximate surface area is 154 Å². The molecule has 1 aliphatic heterocycles. The molecule has 0 aliphatic carbocycles. The Bertz CT molecular complexity index is 729. The van der Waals surface area contributed by atoms with Crippen molar-refractivity contribution in [3.8, 4) is 0 Å². The molecule has 6 heteroatoms. The first-order valence-corrected chi connectivity index (χ1v) is 9.15. The zero-order valence-corrected chi connectivity index (χ0v) is 15.2. The number of amides is 1. The van der Waals surface area contributed by atoms with Crippen LogP contribution in [0.15, 0.2) is 42.6 Å². The molecule has 0 saturated carbocycles. The first-order chi connectivity index (χ1) is 12.8. The van der Waals surface area contributed by atoms with Crippen molar-refractivity contribution in [2.75, 3.05) is 50.0 Å². The lowest BCUT2D eigenvalue weighted by Gasteiger charge is -2.26. The molecule has 2 heterocycles. The number of pyridine rings is 1. The van der Waals surface area contributed by atoms with Crippen LogP contribution >= 0.6 is 0 Å². The zero-order chi connectivity index (χ0) is 18.2. The number of carbonyl (C=O) groups is 1. The molecule has 3 rings (SSSR count). The molecule has 1 amide bonds. The number of aromatic nitrogens is 1. The van der Waals surface area contributed by atoms with Gasteiger partial charge in [0, 0.05) is 43.8 Å². The topological polar surface area (TPSA) is 66.5 Å². The number of nitrogens with one attached hydrogen (secondary N) is 2. The fourth-order valence-corrected chi connectivity index (χ4v) is 2.98. The van der Waals surface area contributed by atoms with Crippen LogP contribution in [0.4, 0.5) is 11.4 Å². The largest absolute Gasteiger partial charge is 0.384 e. The van der Waals surface area contributed by atoms with Crippen LogP contribution in [-0.4, -0.2) is 55.2 Å². The minimum atomic E-state index is -0.192. The first kappa shape index (κ1) is 18.4. The van der Waals surface area contributed by atoms with Gasteiger partial charge in [0.1, 0.15) is 5.69 Å². The number of aryl methyl sites for hydroxylation is 1. The van der Waals surface area contributed by atoms with E-state index in [-0.39, 0.29) is 5.91 Å². The lowest BCUT2D eigenvalue weighted by atomic mass is 10.1. The highest BCUT2D eigenvalue weighted by atomic mass is 16.5. The van der Waals surface area contributed by atoms with Crippen LogP contribution in [0, 0.1) is 0 Å². The minimum absolute atomic E-state index is 0.192. The van der Waals surface area contributed by atoms with Crippen LogP contribution in [0.1, 0.15) is 23.0 Å². The fraction of sp³-hybridized carbons (Fsp3) is 0.400. The van der Waals surface area contributed by atoms with E-state index in [9.17, 15) is 4.79 Å². The smallest absolute Gasteiger partial charge is 0.274 e. The third kappa shape index (κ3) is 5.03. The number of hydrogen-bond donors (Lipinski definition) is 2. The van der Waals surface area contributed by atoms with Gasteiger partial charge < -0.3 is 15.4 Å². The van der Waals surface area contributed by atoms with Gasteiger partial charge in [0.15, 0.2) is 0 Å². The second kappa shape index (κ2) is 9.31. The Hall–Kier alpha value is -2.44. The predicted molar refractivity (Wildman–Crippen MR) is 104 cm³/mol. The van der Waals surface area contributed by atoms with Gasteiger partial charge in [0.25, 0.3) is 5.91 Å². The molecule has 1 aromatic heterocycles. The van der Waals surface area contributed by atoms with E-state index in [1.807, 2.05) is 30.3 Å². The van der Waals surface area contributed by atoms with Crippen molar-refractivity contribution in [2.24, 2.45) is 0 Å². The van der Waals surface area contributed by atoms with Crippen molar-refractivity contribution < 1.29 is 9.53 Å². The SMILES string of the molecule is CCc1ccccc1NC(=O)c1cc(NCCN2CCOCC2)ccn1. The molecule has 2 aromatic rings. The maximum absolute atomic E-state index is 12.5. The molecular weight excluding hydrogens is 328 g/mol. The summed E-state index contributed by atoms with van der Waals surface area (Å²) in [5, 5.41) is 6.33. The number of morpholine rings is 1. The van der Waals surface area contributed by atoms with Crippen LogP contribution in [0.3, 0.4) is 0 Å². The maximum atomic E-state index is 12.5. The number of carbonyl (C=O) groups excluding carboxylic acids is 1. The maximum Gasteiger partial charge on any atom is 0.274 e. The number of nitrogens with zero attached hydrogens (tertiary/aromatic N) is 2. The average molecular weight is 354 g/mol. The van der Waals surface area contributed by atoms with E-state index < -0.39 is 0 Å². The molecular formula is C20H26N4O2. The Morgan fingerprint density at radius 1 is 1.23 bits per heavy atom. The van der Waals surface area contributed by atoms with Crippen molar-refractivity contribution in [3.63, 3.8) is 0 Å². The lowest BCUT2D eigenvalue weighted by Crippen LogP contribution is -2.39. The first-order valence-electron chi connectivity index (χ1n) is 9.15. The summed E-state index contributed by atoms with van der Waals surface area (Å²) in [4.78, 5) is 19.1.